The highest BCUT2D eigenvalue weighted by molar-refractivity contribution is 4.68. The molecule has 1 saturated heterocycles. The summed E-state index contributed by atoms with van der Waals surface area (Å²) in [4.78, 5) is 0. The molecule has 0 spiro atoms. The number of nitrogens with one attached hydrogen (secondary N) is 1. The third-order valence-corrected chi connectivity index (χ3v) is 4.03. The summed E-state index contributed by atoms with van der Waals surface area (Å²) in [5.41, 5.74) is 0. The molecule has 0 aromatic heterocycles. The van der Waals surface area contributed by atoms with Crippen molar-refractivity contribution in [2.45, 2.75) is 76.8 Å². The first-order valence-electron chi connectivity index (χ1n) is 7.85. The fraction of sp³-hybridized carbons (Fsp3) is 1.00. The number of hydrogen-bond donors (Lipinski definition) is 1. The van der Waals surface area contributed by atoms with Gasteiger partial charge in [-0.05, 0) is 38.3 Å². The van der Waals surface area contributed by atoms with Gasteiger partial charge in [-0.15, -0.1) is 0 Å². The summed E-state index contributed by atoms with van der Waals surface area (Å²) in [7, 11) is 0. The Morgan fingerprint density at radius 1 is 0.789 bits per heavy atom. The largest absolute Gasteiger partial charge is 0.389 e. The lowest BCUT2D eigenvalue weighted by atomic mass is 9.92. The van der Waals surface area contributed by atoms with E-state index in [9.17, 15) is 13.2 Å². The average Bonchev–Trinajstić information content (AvgIpc) is 2.37. The van der Waals surface area contributed by atoms with Crippen LogP contribution in [0.1, 0.15) is 70.6 Å². The van der Waals surface area contributed by atoms with Crippen LogP contribution in [0.2, 0.25) is 0 Å². The molecule has 4 heteroatoms. The molecule has 0 amide bonds. The molecule has 1 rings (SSSR count). The van der Waals surface area contributed by atoms with E-state index in [2.05, 4.69) is 5.32 Å². The van der Waals surface area contributed by atoms with Crippen LogP contribution in [0.15, 0.2) is 0 Å². The van der Waals surface area contributed by atoms with Gasteiger partial charge >= 0.3 is 6.18 Å². The highest BCUT2D eigenvalue weighted by Gasteiger charge is 2.25. The van der Waals surface area contributed by atoms with Crippen LogP contribution in [0.5, 0.6) is 0 Å². The lowest BCUT2D eigenvalue weighted by molar-refractivity contribution is -0.135. The lowest BCUT2D eigenvalue weighted by Crippen LogP contribution is -2.27. The molecule has 0 unspecified atom stereocenters. The van der Waals surface area contributed by atoms with Crippen LogP contribution in [0.25, 0.3) is 0 Å². The molecule has 19 heavy (non-hydrogen) atoms. The van der Waals surface area contributed by atoms with E-state index in [0.717, 1.165) is 25.2 Å². The van der Waals surface area contributed by atoms with E-state index in [4.69, 9.17) is 0 Å². The van der Waals surface area contributed by atoms with Crippen molar-refractivity contribution in [3.05, 3.63) is 0 Å². The van der Waals surface area contributed by atoms with Gasteiger partial charge in [-0.1, -0.05) is 44.9 Å². The van der Waals surface area contributed by atoms with Crippen LogP contribution < -0.4 is 5.32 Å². The summed E-state index contributed by atoms with van der Waals surface area (Å²) in [5.74, 6) is 0.910. The second-order valence-corrected chi connectivity index (χ2v) is 5.82. The molecule has 0 saturated carbocycles. The minimum absolute atomic E-state index is 0.304. The molecule has 1 N–H and O–H groups in total. The molecule has 1 aliphatic rings. The Balaban J connectivity index is 1.78. The molecule has 1 fully saturated rings. The molecular formula is C15H28F3N. The van der Waals surface area contributed by atoms with Crippen molar-refractivity contribution in [1.82, 2.24) is 5.32 Å². The maximum atomic E-state index is 11.9. The van der Waals surface area contributed by atoms with Gasteiger partial charge in [-0.3, -0.25) is 0 Å². The summed E-state index contributed by atoms with van der Waals surface area (Å²) in [5, 5.41) is 3.38. The molecule has 1 aliphatic heterocycles. The number of rotatable bonds is 9. The van der Waals surface area contributed by atoms with Crippen molar-refractivity contribution >= 4 is 0 Å². The Kier molecular flexibility index (Phi) is 8.51. The van der Waals surface area contributed by atoms with E-state index in [0.29, 0.717) is 6.42 Å². The Morgan fingerprint density at radius 2 is 1.32 bits per heavy atom. The van der Waals surface area contributed by atoms with Crippen LogP contribution >= 0.6 is 0 Å². The molecule has 0 aromatic rings. The first-order valence-corrected chi connectivity index (χ1v) is 7.85. The van der Waals surface area contributed by atoms with Gasteiger partial charge in [-0.2, -0.15) is 13.2 Å². The average molecular weight is 279 g/mol. The summed E-state index contributed by atoms with van der Waals surface area (Å²) < 4.78 is 35.7. The van der Waals surface area contributed by atoms with Gasteiger partial charge in [0.1, 0.15) is 0 Å². The normalized spacial score (nSPS) is 17.8. The van der Waals surface area contributed by atoms with Crippen LogP contribution in [-0.4, -0.2) is 19.3 Å². The van der Waals surface area contributed by atoms with Crippen molar-refractivity contribution in [3.63, 3.8) is 0 Å². The number of hydrogen-bond acceptors (Lipinski definition) is 1. The monoisotopic (exact) mass is 279 g/mol. The van der Waals surface area contributed by atoms with E-state index in [1.165, 1.54) is 51.6 Å². The summed E-state index contributed by atoms with van der Waals surface area (Å²) in [6.45, 7) is 2.34. The van der Waals surface area contributed by atoms with Crippen molar-refractivity contribution < 1.29 is 13.2 Å². The van der Waals surface area contributed by atoms with Crippen molar-refractivity contribution in [2.75, 3.05) is 13.1 Å². The highest BCUT2D eigenvalue weighted by atomic mass is 19.4. The van der Waals surface area contributed by atoms with Crippen LogP contribution in [0.3, 0.4) is 0 Å². The van der Waals surface area contributed by atoms with Crippen LogP contribution in [-0.2, 0) is 0 Å². The van der Waals surface area contributed by atoms with E-state index in [-0.39, 0.29) is 0 Å². The molecular weight excluding hydrogens is 251 g/mol. The standard InChI is InChI=1S/C15H28F3N/c16-15(17,18)11-7-5-3-1-2-4-6-8-14-9-12-19-13-10-14/h14,19H,1-13H2. The van der Waals surface area contributed by atoms with Gasteiger partial charge in [0.2, 0.25) is 0 Å². The molecule has 1 heterocycles. The second-order valence-electron chi connectivity index (χ2n) is 5.82. The first-order chi connectivity index (χ1) is 9.08. The van der Waals surface area contributed by atoms with Gasteiger partial charge in [0.25, 0.3) is 0 Å². The summed E-state index contributed by atoms with van der Waals surface area (Å²) >= 11 is 0. The number of alkyl halides is 3. The minimum atomic E-state index is -3.96. The predicted octanol–water partition coefficient (Wildman–Crippen LogP) is 5.06. The SMILES string of the molecule is FC(F)(F)CCCCCCCCCC1CCNCC1. The second kappa shape index (κ2) is 9.62. The zero-order valence-corrected chi connectivity index (χ0v) is 11.9. The third-order valence-electron chi connectivity index (χ3n) is 4.03. The van der Waals surface area contributed by atoms with E-state index in [1.54, 1.807) is 0 Å². The van der Waals surface area contributed by atoms with Gasteiger partial charge < -0.3 is 5.32 Å². The van der Waals surface area contributed by atoms with E-state index < -0.39 is 12.6 Å². The Hall–Kier alpha value is -0.250. The zero-order chi connectivity index (χ0) is 14.0. The predicted molar refractivity (Wildman–Crippen MR) is 73.2 cm³/mol. The van der Waals surface area contributed by atoms with Crippen LogP contribution in [0.4, 0.5) is 13.2 Å². The van der Waals surface area contributed by atoms with Crippen molar-refractivity contribution in [3.8, 4) is 0 Å². The van der Waals surface area contributed by atoms with E-state index in [1.807, 2.05) is 0 Å². The summed E-state index contributed by atoms with van der Waals surface area (Å²) in [6.07, 6.45) is 6.25. The van der Waals surface area contributed by atoms with Gasteiger partial charge in [0, 0.05) is 6.42 Å². The quantitative estimate of drug-likeness (QED) is 0.582. The highest BCUT2D eigenvalue weighted by Crippen LogP contribution is 2.23. The maximum absolute atomic E-state index is 11.9. The number of piperidine rings is 1. The number of halogens is 3. The third kappa shape index (κ3) is 10.2. The van der Waals surface area contributed by atoms with E-state index >= 15 is 0 Å². The molecule has 0 atom stereocenters. The zero-order valence-electron chi connectivity index (χ0n) is 11.9. The minimum Gasteiger partial charge on any atom is -0.317 e. The molecule has 114 valence electrons. The van der Waals surface area contributed by atoms with Gasteiger partial charge in [-0.25, -0.2) is 0 Å². The Labute approximate surface area is 115 Å². The maximum Gasteiger partial charge on any atom is 0.389 e. The Morgan fingerprint density at radius 3 is 1.89 bits per heavy atom. The topological polar surface area (TPSA) is 12.0 Å². The fourth-order valence-corrected chi connectivity index (χ4v) is 2.81. The summed E-state index contributed by atoms with van der Waals surface area (Å²) in [6, 6.07) is 0. The molecule has 0 aliphatic carbocycles. The lowest BCUT2D eigenvalue weighted by Gasteiger charge is -2.22. The van der Waals surface area contributed by atoms with Crippen molar-refractivity contribution in [1.29, 1.82) is 0 Å². The van der Waals surface area contributed by atoms with Crippen molar-refractivity contribution in [2.24, 2.45) is 5.92 Å². The van der Waals surface area contributed by atoms with Crippen LogP contribution in [0, 0.1) is 5.92 Å². The smallest absolute Gasteiger partial charge is 0.317 e. The number of unbranched alkanes of at least 4 members (excludes halogenated alkanes) is 6. The van der Waals surface area contributed by atoms with Gasteiger partial charge in [0.15, 0.2) is 0 Å². The molecule has 0 aromatic carbocycles. The fourth-order valence-electron chi connectivity index (χ4n) is 2.81. The first kappa shape index (κ1) is 16.8. The molecule has 0 radical (unpaired) electrons. The molecule has 0 bridgehead atoms. The Bertz CT molecular complexity index is 210. The molecule has 1 nitrogen and oxygen atoms in total. The van der Waals surface area contributed by atoms with Gasteiger partial charge in [0.05, 0.1) is 0 Å².